The molecule has 3 aromatic rings. The third-order valence-corrected chi connectivity index (χ3v) is 5.56. The number of nitrogens with zero attached hydrogens (tertiary/aromatic N) is 4. The van der Waals surface area contributed by atoms with Crippen molar-refractivity contribution in [2.24, 2.45) is 0 Å². The number of ether oxygens (including phenoxy) is 1. The van der Waals surface area contributed by atoms with E-state index in [2.05, 4.69) is 20.3 Å². The summed E-state index contributed by atoms with van der Waals surface area (Å²) in [5.74, 6) is 0.770. The second kappa shape index (κ2) is 8.67. The molecule has 0 radical (unpaired) electrons. The zero-order valence-electron chi connectivity index (χ0n) is 17.9. The molecule has 0 saturated carbocycles. The van der Waals surface area contributed by atoms with Crippen LogP contribution >= 0.6 is 0 Å². The number of amides is 1. The van der Waals surface area contributed by atoms with Crippen molar-refractivity contribution in [3.8, 4) is 11.6 Å². The lowest BCUT2D eigenvalue weighted by Gasteiger charge is -2.12. The van der Waals surface area contributed by atoms with Gasteiger partial charge in [-0.2, -0.15) is 0 Å². The predicted molar refractivity (Wildman–Crippen MR) is 116 cm³/mol. The first kappa shape index (κ1) is 20.7. The number of nitrogens with one attached hydrogen (secondary N) is 1. The Hall–Kier alpha value is -3.55. The maximum atomic E-state index is 13.0. The van der Waals surface area contributed by atoms with E-state index in [1.165, 1.54) is 23.4 Å². The van der Waals surface area contributed by atoms with Gasteiger partial charge in [-0.15, -0.1) is 0 Å². The van der Waals surface area contributed by atoms with E-state index in [1.54, 1.807) is 31.3 Å². The van der Waals surface area contributed by atoms with Gasteiger partial charge in [0.1, 0.15) is 11.4 Å². The van der Waals surface area contributed by atoms with Gasteiger partial charge in [0.15, 0.2) is 0 Å². The fourth-order valence-corrected chi connectivity index (χ4v) is 3.91. The maximum absolute atomic E-state index is 13.0. The van der Waals surface area contributed by atoms with Crippen LogP contribution in [0.25, 0.3) is 5.69 Å². The summed E-state index contributed by atoms with van der Waals surface area (Å²) < 4.78 is 6.46. The normalized spacial score (nSPS) is 12.5. The van der Waals surface area contributed by atoms with Gasteiger partial charge in [0.25, 0.3) is 11.5 Å². The molecule has 8 heteroatoms. The second-order valence-corrected chi connectivity index (χ2v) is 7.62. The summed E-state index contributed by atoms with van der Waals surface area (Å²) in [5.41, 5.74) is 4.31. The van der Waals surface area contributed by atoms with Gasteiger partial charge in [-0.25, -0.2) is 15.0 Å². The van der Waals surface area contributed by atoms with Gasteiger partial charge in [-0.1, -0.05) is 0 Å². The molecule has 0 unspecified atom stereocenters. The molecule has 3 aromatic heterocycles. The van der Waals surface area contributed by atoms with Gasteiger partial charge in [0.2, 0.25) is 5.88 Å². The Kier molecular flexibility index (Phi) is 5.79. The van der Waals surface area contributed by atoms with Gasteiger partial charge in [0, 0.05) is 36.6 Å². The molecule has 1 amide bonds. The highest BCUT2D eigenvalue weighted by atomic mass is 16.5. The number of fused-ring (bicyclic) bond motifs is 1. The molecule has 0 saturated heterocycles. The van der Waals surface area contributed by atoms with Crippen molar-refractivity contribution in [2.45, 2.75) is 39.5 Å². The molecule has 3 heterocycles. The average Bonchev–Trinajstić information content (AvgIpc) is 3.23. The maximum Gasteiger partial charge on any atom is 0.268 e. The van der Waals surface area contributed by atoms with Gasteiger partial charge in [-0.3, -0.25) is 14.2 Å². The molecular weight excluding hydrogens is 394 g/mol. The quantitative estimate of drug-likeness (QED) is 0.657. The highest BCUT2D eigenvalue weighted by molar-refractivity contribution is 5.95. The van der Waals surface area contributed by atoms with Crippen molar-refractivity contribution in [1.82, 2.24) is 24.8 Å². The molecule has 0 fully saturated rings. The lowest BCUT2D eigenvalue weighted by Crippen LogP contribution is -2.34. The summed E-state index contributed by atoms with van der Waals surface area (Å²) in [6, 6.07) is 5.13. The van der Waals surface area contributed by atoms with E-state index in [4.69, 9.17) is 4.74 Å². The van der Waals surface area contributed by atoms with Crippen LogP contribution in [0.1, 0.15) is 45.1 Å². The molecule has 0 aliphatic heterocycles. The first-order valence-corrected chi connectivity index (χ1v) is 10.3. The molecule has 0 aromatic carbocycles. The molecule has 0 bridgehead atoms. The molecule has 1 N–H and O–H groups in total. The topological polar surface area (TPSA) is 99.0 Å². The summed E-state index contributed by atoms with van der Waals surface area (Å²) in [6.45, 7) is 4.12. The zero-order valence-corrected chi connectivity index (χ0v) is 17.9. The van der Waals surface area contributed by atoms with Crippen molar-refractivity contribution in [3.63, 3.8) is 0 Å². The van der Waals surface area contributed by atoms with E-state index in [1.807, 2.05) is 6.92 Å². The van der Waals surface area contributed by atoms with Crippen LogP contribution in [-0.4, -0.2) is 39.1 Å². The first-order chi connectivity index (χ1) is 15.0. The van der Waals surface area contributed by atoms with Crippen LogP contribution in [0.3, 0.4) is 0 Å². The fourth-order valence-electron chi connectivity index (χ4n) is 3.91. The fraction of sp³-hybridized carbons (Fsp3) is 0.348. The van der Waals surface area contributed by atoms with Crippen molar-refractivity contribution in [1.29, 1.82) is 0 Å². The molecule has 0 spiro atoms. The van der Waals surface area contributed by atoms with Crippen molar-refractivity contribution >= 4 is 5.91 Å². The third-order valence-electron chi connectivity index (χ3n) is 5.56. The Morgan fingerprint density at radius 1 is 1.19 bits per heavy atom. The lowest BCUT2D eigenvalue weighted by atomic mass is 10.1. The highest BCUT2D eigenvalue weighted by Gasteiger charge is 2.18. The van der Waals surface area contributed by atoms with Gasteiger partial charge < -0.3 is 10.1 Å². The van der Waals surface area contributed by atoms with E-state index in [9.17, 15) is 9.59 Å². The molecule has 160 valence electrons. The minimum absolute atomic E-state index is 0.115. The summed E-state index contributed by atoms with van der Waals surface area (Å²) >= 11 is 0. The Morgan fingerprint density at radius 2 is 2.03 bits per heavy atom. The summed E-state index contributed by atoms with van der Waals surface area (Å²) in [5, 5.41) is 2.85. The molecule has 1 aliphatic rings. The summed E-state index contributed by atoms with van der Waals surface area (Å²) in [6.07, 6.45) is 6.84. The minimum atomic E-state index is -0.406. The van der Waals surface area contributed by atoms with Crippen molar-refractivity contribution in [2.75, 3.05) is 13.7 Å². The number of carbonyl (C=O) groups excluding carboxylic acids is 1. The second-order valence-electron chi connectivity index (χ2n) is 7.62. The number of aryl methyl sites for hydroxylation is 3. The van der Waals surface area contributed by atoms with Crippen LogP contribution in [0, 0.1) is 13.8 Å². The summed E-state index contributed by atoms with van der Waals surface area (Å²) in [7, 11) is 1.53. The number of rotatable bonds is 6. The van der Waals surface area contributed by atoms with E-state index in [-0.39, 0.29) is 5.56 Å². The van der Waals surface area contributed by atoms with Gasteiger partial charge >= 0.3 is 0 Å². The van der Waals surface area contributed by atoms with E-state index in [0.717, 1.165) is 36.5 Å². The van der Waals surface area contributed by atoms with Gasteiger partial charge in [0.05, 0.1) is 19.0 Å². The van der Waals surface area contributed by atoms with Crippen LogP contribution in [0.15, 0.2) is 35.4 Å². The Labute approximate surface area is 180 Å². The molecule has 8 nitrogen and oxygen atoms in total. The van der Waals surface area contributed by atoms with Crippen LogP contribution in [0.2, 0.25) is 0 Å². The zero-order chi connectivity index (χ0) is 22.0. The summed E-state index contributed by atoms with van der Waals surface area (Å²) in [4.78, 5) is 39.2. The van der Waals surface area contributed by atoms with E-state index < -0.39 is 11.5 Å². The molecule has 1 aliphatic carbocycles. The van der Waals surface area contributed by atoms with Crippen molar-refractivity contribution < 1.29 is 9.53 Å². The average molecular weight is 419 g/mol. The molecule has 0 atom stereocenters. The largest absolute Gasteiger partial charge is 0.481 e. The third kappa shape index (κ3) is 4.19. The number of pyridine rings is 2. The van der Waals surface area contributed by atoms with Crippen LogP contribution in [0.4, 0.5) is 0 Å². The monoisotopic (exact) mass is 419 g/mol. The van der Waals surface area contributed by atoms with Gasteiger partial charge in [-0.05, 0) is 56.4 Å². The molecular formula is C23H25N5O3. The smallest absolute Gasteiger partial charge is 0.268 e. The SMILES string of the molecule is COc1ccc(-n2ccc(C)c(C(=O)NCCc3nc(C)c4c(n3)CCC4)c2=O)cn1. The van der Waals surface area contributed by atoms with Crippen LogP contribution in [0.5, 0.6) is 5.88 Å². The van der Waals surface area contributed by atoms with E-state index in [0.29, 0.717) is 30.1 Å². The molecule has 31 heavy (non-hydrogen) atoms. The highest BCUT2D eigenvalue weighted by Crippen LogP contribution is 2.22. The number of hydrogen-bond donors (Lipinski definition) is 1. The predicted octanol–water partition coefficient (Wildman–Crippen LogP) is 2.11. The number of hydrogen-bond acceptors (Lipinski definition) is 6. The standard InChI is InChI=1S/C23H25N5O3/c1-14-10-12-28(16-7-8-20(31-3)25-13-16)23(30)21(14)22(29)24-11-9-19-26-15(2)17-5-4-6-18(17)27-19/h7-8,10,12-13H,4-6,9,11H2,1-3H3,(H,24,29). The lowest BCUT2D eigenvalue weighted by molar-refractivity contribution is 0.0951. The number of aromatic nitrogens is 4. The van der Waals surface area contributed by atoms with Crippen LogP contribution in [-0.2, 0) is 19.3 Å². The molecule has 4 rings (SSSR count). The Bertz CT molecular complexity index is 1190. The number of methoxy groups -OCH3 is 1. The van der Waals surface area contributed by atoms with Crippen molar-refractivity contribution in [3.05, 3.63) is 74.8 Å². The number of carbonyl (C=O) groups is 1. The Balaban J connectivity index is 1.49. The minimum Gasteiger partial charge on any atom is -0.481 e. The Morgan fingerprint density at radius 3 is 2.77 bits per heavy atom. The van der Waals surface area contributed by atoms with Crippen LogP contribution < -0.4 is 15.6 Å². The first-order valence-electron chi connectivity index (χ1n) is 10.3. The van der Waals surface area contributed by atoms with E-state index >= 15 is 0 Å².